The van der Waals surface area contributed by atoms with E-state index in [0.29, 0.717) is 6.04 Å². The second-order valence-corrected chi connectivity index (χ2v) is 7.76. The van der Waals surface area contributed by atoms with Gasteiger partial charge in [-0.15, -0.1) is 0 Å². The van der Waals surface area contributed by atoms with Crippen molar-refractivity contribution in [1.82, 2.24) is 14.8 Å². The lowest BCUT2D eigenvalue weighted by atomic mass is 9.94. The molecule has 3 saturated heterocycles. The smallest absolute Gasteiger partial charge is 0.122 e. The Kier molecular flexibility index (Phi) is 5.60. The van der Waals surface area contributed by atoms with E-state index in [1.807, 2.05) is 18.3 Å². The molecular weight excluding hydrogens is 338 g/mol. The Morgan fingerprint density at radius 3 is 2.48 bits per heavy atom. The molecule has 27 heavy (non-hydrogen) atoms. The van der Waals surface area contributed by atoms with Crippen LogP contribution in [0, 0.1) is 5.92 Å². The van der Waals surface area contributed by atoms with Gasteiger partial charge in [-0.25, -0.2) is 0 Å². The monoisotopic (exact) mass is 367 g/mol. The fraction of sp³-hybridized carbons (Fsp3) is 0.500. The summed E-state index contributed by atoms with van der Waals surface area (Å²) in [5, 5.41) is 0. The van der Waals surface area contributed by atoms with E-state index < -0.39 is 0 Å². The van der Waals surface area contributed by atoms with E-state index >= 15 is 0 Å². The largest absolute Gasteiger partial charge is 0.497 e. The molecule has 0 radical (unpaired) electrons. The summed E-state index contributed by atoms with van der Waals surface area (Å²) in [5.74, 6) is 2.46. The van der Waals surface area contributed by atoms with E-state index in [4.69, 9.17) is 9.47 Å². The Balaban J connectivity index is 1.46. The average molecular weight is 367 g/mol. The third-order valence-electron chi connectivity index (χ3n) is 5.81. The van der Waals surface area contributed by atoms with Crippen molar-refractivity contribution in [3.05, 3.63) is 53.9 Å². The van der Waals surface area contributed by atoms with Crippen molar-refractivity contribution in [3.63, 3.8) is 0 Å². The van der Waals surface area contributed by atoms with E-state index in [1.54, 1.807) is 14.2 Å². The third kappa shape index (κ3) is 4.42. The lowest BCUT2D eigenvalue weighted by molar-refractivity contribution is 0.123. The van der Waals surface area contributed by atoms with Crippen molar-refractivity contribution in [2.75, 3.05) is 33.9 Å². The molecule has 5 rings (SSSR count). The van der Waals surface area contributed by atoms with E-state index in [9.17, 15) is 0 Å². The zero-order valence-corrected chi connectivity index (χ0v) is 16.3. The van der Waals surface area contributed by atoms with Gasteiger partial charge in [0, 0.05) is 51.0 Å². The van der Waals surface area contributed by atoms with Crippen LogP contribution in [0.4, 0.5) is 0 Å². The van der Waals surface area contributed by atoms with Gasteiger partial charge in [-0.05, 0) is 48.6 Å². The molecule has 144 valence electrons. The first-order valence-corrected chi connectivity index (χ1v) is 9.81. The molecule has 2 bridgehead atoms. The van der Waals surface area contributed by atoms with E-state index in [2.05, 4.69) is 39.0 Å². The fourth-order valence-electron chi connectivity index (χ4n) is 4.51. The maximum absolute atomic E-state index is 5.44. The zero-order chi connectivity index (χ0) is 18.6. The number of fused-ring (bicyclic) bond motifs is 4. The molecule has 3 aliphatic heterocycles. The molecule has 1 aromatic carbocycles. The highest BCUT2D eigenvalue weighted by atomic mass is 16.5. The van der Waals surface area contributed by atoms with Crippen molar-refractivity contribution in [2.45, 2.75) is 32.0 Å². The van der Waals surface area contributed by atoms with Gasteiger partial charge in [-0.2, -0.15) is 0 Å². The minimum atomic E-state index is 0.602. The maximum Gasteiger partial charge on any atom is 0.122 e. The first-order valence-electron chi connectivity index (χ1n) is 9.81. The second-order valence-electron chi connectivity index (χ2n) is 7.76. The van der Waals surface area contributed by atoms with E-state index in [1.165, 1.54) is 37.2 Å². The third-order valence-corrected chi connectivity index (χ3v) is 5.81. The summed E-state index contributed by atoms with van der Waals surface area (Å²) in [5.41, 5.74) is 2.43. The number of aromatic nitrogens is 1. The molecule has 0 N–H and O–H groups in total. The normalized spacial score (nSPS) is 23.2. The molecule has 3 fully saturated rings. The minimum absolute atomic E-state index is 0.602. The summed E-state index contributed by atoms with van der Waals surface area (Å²) < 4.78 is 10.9. The molecule has 0 unspecified atom stereocenters. The topological polar surface area (TPSA) is 37.8 Å². The molecule has 0 spiro atoms. The lowest BCUT2D eigenvalue weighted by Gasteiger charge is -2.36. The van der Waals surface area contributed by atoms with Gasteiger partial charge in [0.15, 0.2) is 0 Å². The minimum Gasteiger partial charge on any atom is -0.497 e. The molecule has 2 atom stereocenters. The predicted octanol–water partition coefficient (Wildman–Crippen LogP) is 3.20. The maximum atomic E-state index is 5.44. The van der Waals surface area contributed by atoms with Crippen molar-refractivity contribution < 1.29 is 9.47 Å². The van der Waals surface area contributed by atoms with Crippen LogP contribution in [0.5, 0.6) is 11.5 Å². The highest BCUT2D eigenvalue weighted by molar-refractivity contribution is 5.38. The molecule has 4 heterocycles. The van der Waals surface area contributed by atoms with Gasteiger partial charge in [-0.1, -0.05) is 6.07 Å². The number of rotatable bonds is 6. The van der Waals surface area contributed by atoms with Gasteiger partial charge in [0.05, 0.1) is 19.9 Å². The molecule has 1 aromatic heterocycles. The summed E-state index contributed by atoms with van der Waals surface area (Å²) in [6.07, 6.45) is 4.51. The van der Waals surface area contributed by atoms with Gasteiger partial charge in [0.25, 0.3) is 0 Å². The Hall–Kier alpha value is -2.11. The van der Waals surface area contributed by atoms with E-state index in [-0.39, 0.29) is 0 Å². The van der Waals surface area contributed by atoms with Gasteiger partial charge in [-0.3, -0.25) is 14.8 Å². The van der Waals surface area contributed by atoms with Crippen LogP contribution in [0.1, 0.15) is 24.1 Å². The molecular formula is C22H29N3O2. The highest BCUT2D eigenvalue weighted by Gasteiger charge is 2.34. The molecule has 3 aliphatic rings. The Morgan fingerprint density at radius 1 is 0.963 bits per heavy atom. The zero-order valence-electron chi connectivity index (χ0n) is 16.3. The second kappa shape index (κ2) is 8.28. The number of hydrogen-bond donors (Lipinski definition) is 0. The summed E-state index contributed by atoms with van der Waals surface area (Å²) in [6, 6.07) is 13.0. The predicted molar refractivity (Wildman–Crippen MR) is 106 cm³/mol. The molecule has 0 aliphatic carbocycles. The van der Waals surface area contributed by atoms with Gasteiger partial charge in [0.2, 0.25) is 0 Å². The number of nitrogens with zero attached hydrogens (tertiary/aromatic N) is 3. The first kappa shape index (κ1) is 18.3. The van der Waals surface area contributed by atoms with Crippen LogP contribution in [-0.2, 0) is 13.1 Å². The van der Waals surface area contributed by atoms with Crippen LogP contribution < -0.4 is 9.47 Å². The van der Waals surface area contributed by atoms with E-state index in [0.717, 1.165) is 37.1 Å². The quantitative estimate of drug-likeness (QED) is 0.784. The SMILES string of the molecule is COc1cc(CN2C[C@H]3CC[C@@H]2CN(Cc2ccccn2)C3)cc(OC)c1. The van der Waals surface area contributed by atoms with Crippen LogP contribution in [0.3, 0.4) is 0 Å². The number of piperidine rings is 1. The number of methoxy groups -OCH3 is 2. The Labute approximate surface area is 161 Å². The molecule has 5 heteroatoms. The highest BCUT2D eigenvalue weighted by Crippen LogP contribution is 2.31. The summed E-state index contributed by atoms with van der Waals surface area (Å²) in [4.78, 5) is 9.76. The van der Waals surface area contributed by atoms with Crippen molar-refractivity contribution >= 4 is 0 Å². The van der Waals surface area contributed by atoms with Gasteiger partial charge >= 0.3 is 0 Å². The molecule has 2 aromatic rings. The Bertz CT molecular complexity index is 730. The van der Waals surface area contributed by atoms with Crippen molar-refractivity contribution in [3.8, 4) is 11.5 Å². The van der Waals surface area contributed by atoms with Crippen molar-refractivity contribution in [1.29, 1.82) is 0 Å². The fourth-order valence-corrected chi connectivity index (χ4v) is 4.51. The van der Waals surface area contributed by atoms with Crippen LogP contribution in [0.25, 0.3) is 0 Å². The van der Waals surface area contributed by atoms with Crippen LogP contribution in [0.2, 0.25) is 0 Å². The number of hydrogen-bond acceptors (Lipinski definition) is 5. The van der Waals surface area contributed by atoms with Crippen LogP contribution in [-0.4, -0.2) is 54.7 Å². The summed E-state index contributed by atoms with van der Waals surface area (Å²) in [7, 11) is 3.42. The first-order chi connectivity index (χ1) is 13.2. The average Bonchev–Trinajstić information content (AvgIpc) is 2.99. The lowest BCUT2D eigenvalue weighted by Crippen LogP contribution is -2.43. The van der Waals surface area contributed by atoms with Crippen molar-refractivity contribution in [2.24, 2.45) is 5.92 Å². The standard InChI is InChI=1S/C22H29N3O2/c1-26-21-9-18(10-22(11-21)27-2)14-25-13-17-6-7-20(25)16-24(12-17)15-19-5-3-4-8-23-19/h3-5,8-11,17,20H,6-7,12-16H2,1-2H3/t17-,20+/m0/s1. The molecule has 0 saturated carbocycles. The van der Waals surface area contributed by atoms with Gasteiger partial charge < -0.3 is 9.47 Å². The van der Waals surface area contributed by atoms with Gasteiger partial charge in [0.1, 0.15) is 11.5 Å². The van der Waals surface area contributed by atoms with Crippen LogP contribution >= 0.6 is 0 Å². The molecule has 5 nitrogen and oxygen atoms in total. The van der Waals surface area contributed by atoms with Crippen LogP contribution in [0.15, 0.2) is 42.6 Å². The summed E-state index contributed by atoms with van der Waals surface area (Å²) >= 11 is 0. The number of ether oxygens (including phenoxy) is 2. The number of benzene rings is 1. The Morgan fingerprint density at radius 2 is 1.78 bits per heavy atom. The molecule has 0 amide bonds. The number of pyridine rings is 1. The summed E-state index contributed by atoms with van der Waals surface area (Å²) in [6.45, 7) is 5.36.